The maximum absolute atomic E-state index is 11.6. The molecular formula is C19H16N2O5. The zero-order valence-corrected chi connectivity index (χ0v) is 14.0. The van der Waals surface area contributed by atoms with E-state index in [-0.39, 0.29) is 24.5 Å². The standard InChI is InChI=1S/C19H16N2O5/c1-2-25-19(22)16(12-20)11-14-5-9-18(10-6-14)26-13-15-3-7-17(8-4-15)21(23)24/h3-11H,2,13H2,1H3/b16-11-. The fourth-order valence-corrected chi connectivity index (χ4v) is 2.05. The number of benzene rings is 2. The molecule has 7 nitrogen and oxygen atoms in total. The number of rotatable bonds is 7. The molecule has 132 valence electrons. The molecule has 0 aliphatic heterocycles. The van der Waals surface area contributed by atoms with Gasteiger partial charge in [-0.1, -0.05) is 12.1 Å². The third kappa shape index (κ3) is 5.18. The summed E-state index contributed by atoms with van der Waals surface area (Å²) < 4.78 is 10.4. The molecule has 7 heteroatoms. The number of hydrogen-bond donors (Lipinski definition) is 0. The van der Waals surface area contributed by atoms with Crippen LogP contribution in [0.1, 0.15) is 18.1 Å². The van der Waals surface area contributed by atoms with Crippen LogP contribution in [-0.2, 0) is 16.1 Å². The van der Waals surface area contributed by atoms with Crippen LogP contribution in [0.5, 0.6) is 5.75 Å². The summed E-state index contributed by atoms with van der Waals surface area (Å²) in [7, 11) is 0. The van der Waals surface area contributed by atoms with Crippen LogP contribution in [0, 0.1) is 21.4 Å². The highest BCUT2D eigenvalue weighted by Crippen LogP contribution is 2.18. The first-order valence-electron chi connectivity index (χ1n) is 7.78. The molecule has 0 fully saturated rings. The molecule has 0 bridgehead atoms. The highest BCUT2D eigenvalue weighted by atomic mass is 16.6. The molecule has 0 heterocycles. The molecule has 0 aromatic heterocycles. The fourth-order valence-electron chi connectivity index (χ4n) is 2.05. The van der Waals surface area contributed by atoms with E-state index in [2.05, 4.69) is 0 Å². The molecule has 0 aliphatic carbocycles. The quantitative estimate of drug-likeness (QED) is 0.248. The topological polar surface area (TPSA) is 102 Å². The van der Waals surface area contributed by atoms with Gasteiger partial charge in [-0.25, -0.2) is 4.79 Å². The van der Waals surface area contributed by atoms with E-state index >= 15 is 0 Å². The van der Waals surface area contributed by atoms with Gasteiger partial charge in [0.15, 0.2) is 0 Å². The Bertz CT molecular complexity index is 849. The number of carbonyl (C=O) groups excluding carboxylic acids is 1. The van der Waals surface area contributed by atoms with Gasteiger partial charge in [-0.15, -0.1) is 0 Å². The summed E-state index contributed by atoms with van der Waals surface area (Å²) in [6, 6.07) is 14.8. The Balaban J connectivity index is 2.00. The van der Waals surface area contributed by atoms with E-state index in [0.29, 0.717) is 11.3 Å². The number of nitro benzene ring substituents is 1. The van der Waals surface area contributed by atoms with Gasteiger partial charge in [-0.2, -0.15) is 5.26 Å². The average Bonchev–Trinajstić information content (AvgIpc) is 2.65. The summed E-state index contributed by atoms with van der Waals surface area (Å²) in [5, 5.41) is 19.6. The molecular weight excluding hydrogens is 336 g/mol. The van der Waals surface area contributed by atoms with Gasteiger partial charge in [0.2, 0.25) is 0 Å². The van der Waals surface area contributed by atoms with Gasteiger partial charge in [0.05, 0.1) is 11.5 Å². The number of nitriles is 1. The van der Waals surface area contributed by atoms with Crippen LogP contribution in [0.2, 0.25) is 0 Å². The Morgan fingerprint density at radius 2 is 1.85 bits per heavy atom. The van der Waals surface area contributed by atoms with Crippen molar-refractivity contribution in [1.29, 1.82) is 5.26 Å². The lowest BCUT2D eigenvalue weighted by Crippen LogP contribution is -2.05. The Hall–Kier alpha value is -3.66. The molecule has 2 aromatic carbocycles. The Morgan fingerprint density at radius 1 is 1.19 bits per heavy atom. The van der Waals surface area contributed by atoms with Gasteiger partial charge >= 0.3 is 5.97 Å². The Kier molecular flexibility index (Phi) is 6.46. The zero-order chi connectivity index (χ0) is 18.9. The molecule has 2 aromatic rings. The lowest BCUT2D eigenvalue weighted by atomic mass is 10.1. The van der Waals surface area contributed by atoms with Crippen molar-refractivity contribution in [2.45, 2.75) is 13.5 Å². The van der Waals surface area contributed by atoms with Crippen molar-refractivity contribution in [1.82, 2.24) is 0 Å². The molecule has 2 rings (SSSR count). The highest BCUT2D eigenvalue weighted by molar-refractivity contribution is 5.97. The first kappa shape index (κ1) is 18.7. The van der Waals surface area contributed by atoms with Crippen LogP contribution in [0.3, 0.4) is 0 Å². The van der Waals surface area contributed by atoms with Crippen molar-refractivity contribution in [3.8, 4) is 11.8 Å². The lowest BCUT2D eigenvalue weighted by Gasteiger charge is -2.06. The van der Waals surface area contributed by atoms with E-state index < -0.39 is 10.9 Å². The Labute approximate surface area is 150 Å². The third-order valence-electron chi connectivity index (χ3n) is 3.36. The molecule has 26 heavy (non-hydrogen) atoms. The van der Waals surface area contributed by atoms with Gasteiger partial charge in [0.1, 0.15) is 24.0 Å². The first-order chi connectivity index (χ1) is 12.5. The van der Waals surface area contributed by atoms with E-state index in [4.69, 9.17) is 14.7 Å². The van der Waals surface area contributed by atoms with E-state index in [1.54, 1.807) is 43.3 Å². The number of nitro groups is 1. The minimum atomic E-state index is -0.659. The van der Waals surface area contributed by atoms with E-state index in [1.807, 2.05) is 6.07 Å². The largest absolute Gasteiger partial charge is 0.489 e. The summed E-state index contributed by atoms with van der Waals surface area (Å²) in [4.78, 5) is 21.8. The average molecular weight is 352 g/mol. The number of nitrogens with zero attached hydrogens (tertiary/aromatic N) is 2. The highest BCUT2D eigenvalue weighted by Gasteiger charge is 2.09. The predicted molar refractivity (Wildman–Crippen MR) is 94.1 cm³/mol. The summed E-state index contributed by atoms with van der Waals surface area (Å²) >= 11 is 0. The van der Waals surface area contributed by atoms with Gasteiger partial charge in [-0.05, 0) is 48.4 Å². The maximum atomic E-state index is 11.6. The van der Waals surface area contributed by atoms with Crippen LogP contribution >= 0.6 is 0 Å². The molecule has 0 unspecified atom stereocenters. The second-order valence-corrected chi connectivity index (χ2v) is 5.17. The predicted octanol–water partition coefficient (Wildman–Crippen LogP) is 3.64. The normalized spacial score (nSPS) is 10.7. The number of hydrogen-bond acceptors (Lipinski definition) is 6. The molecule has 0 atom stereocenters. The lowest BCUT2D eigenvalue weighted by molar-refractivity contribution is -0.384. The smallest absolute Gasteiger partial charge is 0.348 e. The fraction of sp³-hybridized carbons (Fsp3) is 0.158. The van der Waals surface area contributed by atoms with Gasteiger partial charge in [0, 0.05) is 12.1 Å². The molecule has 0 N–H and O–H groups in total. The van der Waals surface area contributed by atoms with Crippen molar-refractivity contribution in [2.75, 3.05) is 6.61 Å². The molecule has 0 spiro atoms. The second-order valence-electron chi connectivity index (χ2n) is 5.17. The van der Waals surface area contributed by atoms with Gasteiger partial charge < -0.3 is 9.47 Å². The molecule has 0 saturated heterocycles. The summed E-state index contributed by atoms with van der Waals surface area (Å²) in [5.74, 6) is -0.0661. The van der Waals surface area contributed by atoms with Crippen LogP contribution in [0.4, 0.5) is 5.69 Å². The minimum Gasteiger partial charge on any atom is -0.489 e. The molecule has 0 radical (unpaired) electrons. The van der Waals surface area contributed by atoms with Crippen molar-refractivity contribution >= 4 is 17.7 Å². The monoisotopic (exact) mass is 352 g/mol. The second kappa shape index (κ2) is 8.99. The van der Waals surface area contributed by atoms with Crippen molar-refractivity contribution < 1.29 is 19.2 Å². The number of esters is 1. The van der Waals surface area contributed by atoms with Crippen LogP contribution in [-0.4, -0.2) is 17.5 Å². The van der Waals surface area contributed by atoms with E-state index in [1.165, 1.54) is 18.2 Å². The van der Waals surface area contributed by atoms with Crippen LogP contribution < -0.4 is 4.74 Å². The van der Waals surface area contributed by atoms with Gasteiger partial charge in [-0.3, -0.25) is 10.1 Å². The summed E-state index contributed by atoms with van der Waals surface area (Å²) in [5.41, 5.74) is 1.41. The minimum absolute atomic E-state index is 0.0276. The SMILES string of the molecule is CCOC(=O)/C(C#N)=C\c1ccc(OCc2ccc([N+](=O)[O-])cc2)cc1. The molecule has 0 aliphatic rings. The van der Waals surface area contributed by atoms with Crippen molar-refractivity contribution in [2.24, 2.45) is 0 Å². The first-order valence-corrected chi connectivity index (χ1v) is 7.78. The number of ether oxygens (including phenoxy) is 2. The number of carbonyl (C=O) groups is 1. The van der Waals surface area contributed by atoms with Gasteiger partial charge in [0.25, 0.3) is 5.69 Å². The zero-order valence-electron chi connectivity index (χ0n) is 14.0. The van der Waals surface area contributed by atoms with Crippen molar-refractivity contribution in [3.05, 3.63) is 75.3 Å². The third-order valence-corrected chi connectivity index (χ3v) is 3.36. The summed E-state index contributed by atoms with van der Waals surface area (Å²) in [6.45, 7) is 2.14. The molecule has 0 saturated carbocycles. The van der Waals surface area contributed by atoms with E-state index in [9.17, 15) is 14.9 Å². The summed E-state index contributed by atoms with van der Waals surface area (Å²) in [6.07, 6.45) is 1.44. The number of non-ortho nitro benzene ring substituents is 1. The maximum Gasteiger partial charge on any atom is 0.348 e. The Morgan fingerprint density at radius 3 is 2.38 bits per heavy atom. The van der Waals surface area contributed by atoms with Crippen LogP contribution in [0.25, 0.3) is 6.08 Å². The van der Waals surface area contributed by atoms with E-state index in [0.717, 1.165) is 5.56 Å². The van der Waals surface area contributed by atoms with Crippen molar-refractivity contribution in [3.63, 3.8) is 0 Å². The molecule has 0 amide bonds. The van der Waals surface area contributed by atoms with Crippen LogP contribution in [0.15, 0.2) is 54.1 Å².